The molecule has 2 heterocycles. The van der Waals surface area contributed by atoms with E-state index in [9.17, 15) is 14.9 Å². The molecule has 0 radical (unpaired) electrons. The molecule has 0 spiro atoms. The molecule has 10 heteroatoms. The lowest BCUT2D eigenvalue weighted by Gasteiger charge is -2.07. The maximum atomic E-state index is 12.4. The lowest BCUT2D eigenvalue weighted by Crippen LogP contribution is -2.12. The van der Waals surface area contributed by atoms with Gasteiger partial charge in [0.1, 0.15) is 5.01 Å². The molecule has 0 saturated carbocycles. The first kappa shape index (κ1) is 17.7. The Hall–Kier alpha value is -3.66. The lowest BCUT2D eigenvalue weighted by atomic mass is 10.1. The maximum Gasteiger partial charge on any atom is 0.272 e. The third kappa shape index (κ3) is 3.21. The van der Waals surface area contributed by atoms with E-state index in [-0.39, 0.29) is 11.6 Å². The van der Waals surface area contributed by atoms with E-state index in [0.29, 0.717) is 16.8 Å². The largest absolute Gasteiger partial charge is 0.322 e. The van der Waals surface area contributed by atoms with E-state index >= 15 is 0 Å². The highest BCUT2D eigenvalue weighted by Gasteiger charge is 2.14. The first-order chi connectivity index (χ1) is 13.4. The second kappa shape index (κ2) is 6.82. The average molecular weight is 394 g/mol. The van der Waals surface area contributed by atoms with Crippen molar-refractivity contribution in [3.05, 3.63) is 69.5 Å². The zero-order chi connectivity index (χ0) is 19.8. The third-order valence-corrected chi connectivity index (χ3v) is 5.14. The molecule has 2 aromatic heterocycles. The van der Waals surface area contributed by atoms with Gasteiger partial charge in [0.15, 0.2) is 5.82 Å². The van der Waals surface area contributed by atoms with Gasteiger partial charge in [0, 0.05) is 28.4 Å². The number of nitrogens with zero attached hydrogens (tertiary/aromatic N) is 5. The van der Waals surface area contributed by atoms with Gasteiger partial charge in [-0.15, -0.1) is 10.2 Å². The van der Waals surface area contributed by atoms with Crippen LogP contribution in [0.5, 0.6) is 0 Å². The molecule has 1 amide bonds. The second-order valence-corrected chi connectivity index (χ2v) is 7.09. The van der Waals surface area contributed by atoms with Crippen LogP contribution in [-0.2, 0) is 0 Å². The summed E-state index contributed by atoms with van der Waals surface area (Å²) in [6.07, 6.45) is 0. The molecular weight excluding hydrogens is 380 g/mol. The summed E-state index contributed by atoms with van der Waals surface area (Å²) in [5, 5.41) is 27.0. The molecule has 0 unspecified atom stereocenters. The van der Waals surface area contributed by atoms with Crippen molar-refractivity contribution in [1.82, 2.24) is 19.8 Å². The van der Waals surface area contributed by atoms with Gasteiger partial charge in [0.2, 0.25) is 4.96 Å². The number of carbonyl (C=O) groups excluding carboxylic acids is 1. The molecule has 0 aliphatic rings. The van der Waals surface area contributed by atoms with E-state index < -0.39 is 4.92 Å². The monoisotopic (exact) mass is 394 g/mol. The van der Waals surface area contributed by atoms with Crippen LogP contribution >= 0.6 is 11.3 Å². The summed E-state index contributed by atoms with van der Waals surface area (Å²) < 4.78 is 1.69. The van der Waals surface area contributed by atoms with Gasteiger partial charge < -0.3 is 5.32 Å². The molecule has 0 atom stereocenters. The molecule has 1 N–H and O–H groups in total. The number of fused-ring (bicyclic) bond motifs is 1. The number of aryl methyl sites for hydroxylation is 2. The zero-order valence-electron chi connectivity index (χ0n) is 14.9. The van der Waals surface area contributed by atoms with E-state index in [1.165, 1.54) is 29.5 Å². The van der Waals surface area contributed by atoms with Crippen LogP contribution in [0.4, 0.5) is 11.4 Å². The number of nitro groups is 1. The first-order valence-electron chi connectivity index (χ1n) is 8.28. The summed E-state index contributed by atoms with van der Waals surface area (Å²) in [5.74, 6) is 0.389. The highest BCUT2D eigenvalue weighted by atomic mass is 32.1. The number of nitro benzene ring substituents is 1. The normalized spacial score (nSPS) is 10.9. The van der Waals surface area contributed by atoms with Crippen molar-refractivity contribution in [2.45, 2.75) is 13.8 Å². The van der Waals surface area contributed by atoms with Gasteiger partial charge >= 0.3 is 0 Å². The van der Waals surface area contributed by atoms with Crippen LogP contribution < -0.4 is 5.32 Å². The van der Waals surface area contributed by atoms with Gasteiger partial charge in [-0.2, -0.15) is 9.61 Å². The summed E-state index contributed by atoms with van der Waals surface area (Å²) >= 11 is 1.43. The minimum atomic E-state index is -0.469. The SMILES string of the molecule is Cc1cc(C(=O)Nc2ccc(-c3nn4c(C)nnc4s3)cc2)ccc1[N+](=O)[O-]. The predicted molar refractivity (Wildman–Crippen MR) is 105 cm³/mol. The van der Waals surface area contributed by atoms with Crippen LogP contribution in [-0.4, -0.2) is 30.6 Å². The van der Waals surface area contributed by atoms with E-state index in [1.54, 1.807) is 23.6 Å². The molecule has 0 fully saturated rings. The third-order valence-electron chi connectivity index (χ3n) is 4.19. The van der Waals surface area contributed by atoms with Gasteiger partial charge in [-0.1, -0.05) is 11.3 Å². The summed E-state index contributed by atoms with van der Waals surface area (Å²) in [6, 6.07) is 11.6. The van der Waals surface area contributed by atoms with Crippen LogP contribution in [0.3, 0.4) is 0 Å². The predicted octanol–water partition coefficient (Wildman–Crippen LogP) is 3.63. The lowest BCUT2D eigenvalue weighted by molar-refractivity contribution is -0.385. The minimum absolute atomic E-state index is 0.0128. The van der Waals surface area contributed by atoms with E-state index in [0.717, 1.165) is 21.4 Å². The fourth-order valence-electron chi connectivity index (χ4n) is 2.73. The molecule has 2 aromatic carbocycles. The first-order valence-corrected chi connectivity index (χ1v) is 9.10. The smallest absolute Gasteiger partial charge is 0.272 e. The number of anilines is 1. The Morgan fingerprint density at radius 2 is 1.89 bits per heavy atom. The summed E-state index contributed by atoms with van der Waals surface area (Å²) in [4.78, 5) is 23.6. The Morgan fingerprint density at radius 1 is 1.14 bits per heavy atom. The van der Waals surface area contributed by atoms with Gasteiger partial charge in [-0.25, -0.2) is 0 Å². The van der Waals surface area contributed by atoms with Crippen molar-refractivity contribution in [3.8, 4) is 10.6 Å². The van der Waals surface area contributed by atoms with Gasteiger partial charge in [-0.3, -0.25) is 14.9 Å². The number of nitrogens with one attached hydrogen (secondary N) is 1. The summed E-state index contributed by atoms with van der Waals surface area (Å²) in [5.41, 5.74) is 2.30. The van der Waals surface area contributed by atoms with Crippen LogP contribution in [0, 0.1) is 24.0 Å². The van der Waals surface area contributed by atoms with Crippen LogP contribution in [0.25, 0.3) is 15.5 Å². The van der Waals surface area contributed by atoms with Crippen molar-refractivity contribution in [2.75, 3.05) is 5.32 Å². The molecule has 0 aliphatic carbocycles. The van der Waals surface area contributed by atoms with Crippen LogP contribution in [0.1, 0.15) is 21.7 Å². The molecular formula is C18H14N6O3S. The molecule has 0 saturated heterocycles. The number of aromatic nitrogens is 4. The molecule has 4 aromatic rings. The molecule has 4 rings (SSSR count). The Labute approximate surface area is 162 Å². The van der Waals surface area contributed by atoms with E-state index in [2.05, 4.69) is 20.6 Å². The van der Waals surface area contributed by atoms with Crippen molar-refractivity contribution >= 4 is 33.6 Å². The molecule has 140 valence electrons. The highest BCUT2D eigenvalue weighted by Crippen LogP contribution is 2.27. The van der Waals surface area contributed by atoms with Crippen molar-refractivity contribution < 1.29 is 9.72 Å². The molecule has 28 heavy (non-hydrogen) atoms. The molecule has 0 bridgehead atoms. The highest BCUT2D eigenvalue weighted by molar-refractivity contribution is 7.19. The van der Waals surface area contributed by atoms with Crippen LogP contribution in [0.15, 0.2) is 42.5 Å². The standard InChI is InChI=1S/C18H14N6O3S/c1-10-9-13(5-8-15(10)24(26)27)16(25)19-14-6-3-12(4-7-14)17-22-23-11(2)20-21-18(23)28-17/h3-9H,1-2H3,(H,19,25). The number of amides is 1. The number of hydrogen-bond donors (Lipinski definition) is 1. The molecule has 9 nitrogen and oxygen atoms in total. The van der Waals surface area contributed by atoms with Crippen molar-refractivity contribution in [2.24, 2.45) is 0 Å². The van der Waals surface area contributed by atoms with Gasteiger partial charge in [-0.05, 0) is 50.2 Å². The quantitative estimate of drug-likeness (QED) is 0.417. The number of hydrogen-bond acceptors (Lipinski definition) is 7. The van der Waals surface area contributed by atoms with E-state index in [1.807, 2.05) is 19.1 Å². The van der Waals surface area contributed by atoms with Crippen LogP contribution in [0.2, 0.25) is 0 Å². The topological polar surface area (TPSA) is 115 Å². The number of rotatable bonds is 4. The maximum absolute atomic E-state index is 12.4. The summed E-state index contributed by atoms with van der Waals surface area (Å²) in [6.45, 7) is 3.44. The number of benzene rings is 2. The average Bonchev–Trinajstić information content (AvgIpc) is 3.24. The fourth-order valence-corrected chi connectivity index (χ4v) is 3.62. The Morgan fingerprint density at radius 3 is 2.54 bits per heavy atom. The minimum Gasteiger partial charge on any atom is -0.322 e. The fraction of sp³-hybridized carbons (Fsp3) is 0.111. The van der Waals surface area contributed by atoms with E-state index in [4.69, 9.17) is 0 Å². The Bertz CT molecular complexity index is 1210. The zero-order valence-corrected chi connectivity index (χ0v) is 15.7. The van der Waals surface area contributed by atoms with Crippen molar-refractivity contribution in [3.63, 3.8) is 0 Å². The van der Waals surface area contributed by atoms with Gasteiger partial charge in [0.05, 0.1) is 4.92 Å². The summed E-state index contributed by atoms with van der Waals surface area (Å²) in [7, 11) is 0. The van der Waals surface area contributed by atoms with Gasteiger partial charge in [0.25, 0.3) is 11.6 Å². The Kier molecular flexibility index (Phi) is 4.32. The number of carbonyl (C=O) groups is 1. The van der Waals surface area contributed by atoms with Crippen molar-refractivity contribution in [1.29, 1.82) is 0 Å². The Balaban J connectivity index is 1.52. The second-order valence-electron chi connectivity index (χ2n) is 6.14. The molecule has 0 aliphatic heterocycles.